The Kier molecular flexibility index (Phi) is 3.39. The van der Waals surface area contributed by atoms with Crippen LogP contribution in [0, 0.1) is 5.82 Å². The van der Waals surface area contributed by atoms with Crippen LogP contribution in [0.5, 0.6) is 0 Å². The SMILES string of the molecule is O=Cc1cn(Cc2ccc(F)cc2)nc1-c1nccs1. The summed E-state index contributed by atoms with van der Waals surface area (Å²) in [6.07, 6.45) is 4.12. The highest BCUT2D eigenvalue weighted by molar-refractivity contribution is 7.13. The third kappa shape index (κ3) is 2.50. The highest BCUT2D eigenvalue weighted by atomic mass is 32.1. The number of hydrogen-bond acceptors (Lipinski definition) is 4. The van der Waals surface area contributed by atoms with Crippen LogP contribution in [0.1, 0.15) is 15.9 Å². The second kappa shape index (κ2) is 5.34. The third-order valence-electron chi connectivity index (χ3n) is 2.81. The van der Waals surface area contributed by atoms with Crippen LogP contribution in [0.2, 0.25) is 0 Å². The van der Waals surface area contributed by atoms with Gasteiger partial charge in [0.25, 0.3) is 0 Å². The molecule has 100 valence electrons. The first-order chi connectivity index (χ1) is 9.76. The van der Waals surface area contributed by atoms with Crippen molar-refractivity contribution in [2.24, 2.45) is 0 Å². The van der Waals surface area contributed by atoms with Gasteiger partial charge in [0.05, 0.1) is 12.1 Å². The average molecular weight is 287 g/mol. The van der Waals surface area contributed by atoms with Gasteiger partial charge in [-0.1, -0.05) is 12.1 Å². The predicted octanol–water partition coefficient (Wildman–Crippen LogP) is 3.01. The van der Waals surface area contributed by atoms with E-state index < -0.39 is 0 Å². The van der Waals surface area contributed by atoms with E-state index in [1.165, 1.54) is 23.5 Å². The molecule has 2 aromatic heterocycles. The van der Waals surface area contributed by atoms with E-state index in [0.717, 1.165) is 11.8 Å². The zero-order valence-corrected chi connectivity index (χ0v) is 11.2. The van der Waals surface area contributed by atoms with Gasteiger partial charge >= 0.3 is 0 Å². The Morgan fingerprint density at radius 3 is 2.75 bits per heavy atom. The highest BCUT2D eigenvalue weighted by Crippen LogP contribution is 2.23. The molecule has 0 aliphatic rings. The molecule has 0 radical (unpaired) electrons. The molecule has 0 saturated carbocycles. The summed E-state index contributed by atoms with van der Waals surface area (Å²) in [7, 11) is 0. The smallest absolute Gasteiger partial charge is 0.153 e. The molecule has 0 aliphatic heterocycles. The van der Waals surface area contributed by atoms with Crippen molar-refractivity contribution < 1.29 is 9.18 Å². The summed E-state index contributed by atoms with van der Waals surface area (Å²) < 4.78 is 14.5. The zero-order chi connectivity index (χ0) is 13.9. The van der Waals surface area contributed by atoms with Crippen molar-refractivity contribution in [3.8, 4) is 10.7 Å². The summed E-state index contributed by atoms with van der Waals surface area (Å²) in [5.74, 6) is -0.272. The van der Waals surface area contributed by atoms with Crippen molar-refractivity contribution in [2.75, 3.05) is 0 Å². The highest BCUT2D eigenvalue weighted by Gasteiger charge is 2.12. The molecule has 0 bridgehead atoms. The molecule has 1 aromatic carbocycles. The lowest BCUT2D eigenvalue weighted by atomic mass is 10.2. The lowest BCUT2D eigenvalue weighted by Gasteiger charge is -2.01. The first kappa shape index (κ1) is 12.7. The topological polar surface area (TPSA) is 47.8 Å². The fraction of sp³-hybridized carbons (Fsp3) is 0.0714. The molecule has 0 amide bonds. The number of aromatic nitrogens is 3. The van der Waals surface area contributed by atoms with Gasteiger partial charge in [0.15, 0.2) is 6.29 Å². The zero-order valence-electron chi connectivity index (χ0n) is 10.4. The maximum atomic E-state index is 12.9. The van der Waals surface area contributed by atoms with Crippen LogP contribution in [0.4, 0.5) is 4.39 Å². The number of nitrogens with zero attached hydrogens (tertiary/aromatic N) is 3. The largest absolute Gasteiger partial charge is 0.298 e. The van der Waals surface area contributed by atoms with Crippen LogP contribution >= 0.6 is 11.3 Å². The van der Waals surface area contributed by atoms with Crippen LogP contribution in [0.15, 0.2) is 42.0 Å². The first-order valence-electron chi connectivity index (χ1n) is 5.93. The molecule has 0 N–H and O–H groups in total. The molecule has 0 saturated heterocycles. The van der Waals surface area contributed by atoms with E-state index in [0.29, 0.717) is 22.8 Å². The summed E-state index contributed by atoms with van der Waals surface area (Å²) in [5, 5.41) is 6.93. The molecule has 0 aliphatic carbocycles. The van der Waals surface area contributed by atoms with Gasteiger partial charge in [0, 0.05) is 17.8 Å². The first-order valence-corrected chi connectivity index (χ1v) is 6.81. The van der Waals surface area contributed by atoms with Gasteiger partial charge in [-0.2, -0.15) is 5.10 Å². The Hall–Kier alpha value is -2.34. The number of aldehydes is 1. The fourth-order valence-electron chi connectivity index (χ4n) is 1.89. The van der Waals surface area contributed by atoms with Crippen molar-refractivity contribution in [3.63, 3.8) is 0 Å². The molecule has 4 nitrogen and oxygen atoms in total. The number of benzene rings is 1. The molecule has 0 atom stereocenters. The maximum Gasteiger partial charge on any atom is 0.153 e. The van der Waals surface area contributed by atoms with E-state index in [1.54, 1.807) is 29.2 Å². The third-order valence-corrected chi connectivity index (χ3v) is 3.59. The lowest BCUT2D eigenvalue weighted by Crippen LogP contribution is -2.00. The van der Waals surface area contributed by atoms with Gasteiger partial charge in [-0.25, -0.2) is 9.37 Å². The fourth-order valence-corrected chi connectivity index (χ4v) is 2.53. The van der Waals surface area contributed by atoms with Gasteiger partial charge in [0.2, 0.25) is 0 Å². The number of rotatable bonds is 4. The predicted molar refractivity (Wildman–Crippen MR) is 74.2 cm³/mol. The van der Waals surface area contributed by atoms with E-state index in [1.807, 2.05) is 5.38 Å². The van der Waals surface area contributed by atoms with Gasteiger partial charge in [-0.3, -0.25) is 9.48 Å². The molecule has 20 heavy (non-hydrogen) atoms. The van der Waals surface area contributed by atoms with Gasteiger partial charge < -0.3 is 0 Å². The van der Waals surface area contributed by atoms with Crippen LogP contribution in [-0.4, -0.2) is 21.1 Å². The molecule has 0 spiro atoms. The Balaban J connectivity index is 1.91. The normalized spacial score (nSPS) is 10.7. The summed E-state index contributed by atoms with van der Waals surface area (Å²) in [6.45, 7) is 0.479. The van der Waals surface area contributed by atoms with E-state index in [4.69, 9.17) is 0 Å². The minimum Gasteiger partial charge on any atom is -0.298 e. The monoisotopic (exact) mass is 287 g/mol. The second-order valence-corrected chi connectivity index (χ2v) is 5.11. The van der Waals surface area contributed by atoms with Crippen molar-refractivity contribution in [1.29, 1.82) is 0 Å². The second-order valence-electron chi connectivity index (χ2n) is 4.21. The van der Waals surface area contributed by atoms with Crippen LogP contribution in [-0.2, 0) is 6.54 Å². The standard InChI is InChI=1S/C14H10FN3OS/c15-12-3-1-10(2-4-12)7-18-8-11(9-19)13(17-18)14-16-5-6-20-14/h1-6,8-9H,7H2. The molecule has 3 rings (SSSR count). The number of carbonyl (C=O) groups excluding carboxylic acids is 1. The summed E-state index contributed by atoms with van der Waals surface area (Å²) in [4.78, 5) is 15.3. The Morgan fingerprint density at radius 1 is 1.30 bits per heavy atom. The molecule has 0 fully saturated rings. The maximum absolute atomic E-state index is 12.9. The Labute approximate surface area is 118 Å². The number of thiazole rings is 1. The summed E-state index contributed by atoms with van der Waals surface area (Å²) in [5.41, 5.74) is 2.00. The molecule has 0 unspecified atom stereocenters. The van der Waals surface area contributed by atoms with E-state index in [-0.39, 0.29) is 5.82 Å². The quantitative estimate of drug-likeness (QED) is 0.693. The number of carbonyl (C=O) groups is 1. The number of hydrogen-bond donors (Lipinski definition) is 0. The average Bonchev–Trinajstić information content (AvgIpc) is 3.10. The Bertz CT molecular complexity index is 719. The van der Waals surface area contributed by atoms with Gasteiger partial charge in [0.1, 0.15) is 16.5 Å². The minimum absolute atomic E-state index is 0.272. The van der Waals surface area contributed by atoms with Crippen LogP contribution in [0.3, 0.4) is 0 Å². The molecule has 6 heteroatoms. The van der Waals surface area contributed by atoms with Crippen LogP contribution in [0.25, 0.3) is 10.7 Å². The van der Waals surface area contributed by atoms with Crippen molar-refractivity contribution in [2.45, 2.75) is 6.54 Å². The van der Waals surface area contributed by atoms with E-state index in [9.17, 15) is 9.18 Å². The van der Waals surface area contributed by atoms with E-state index >= 15 is 0 Å². The van der Waals surface area contributed by atoms with Crippen molar-refractivity contribution >= 4 is 17.6 Å². The van der Waals surface area contributed by atoms with Gasteiger partial charge in [-0.05, 0) is 17.7 Å². The van der Waals surface area contributed by atoms with Crippen molar-refractivity contribution in [1.82, 2.24) is 14.8 Å². The molecular formula is C14H10FN3OS. The Morgan fingerprint density at radius 2 is 2.10 bits per heavy atom. The summed E-state index contributed by atoms with van der Waals surface area (Å²) in [6, 6.07) is 6.20. The molecular weight excluding hydrogens is 277 g/mol. The number of halogens is 1. The minimum atomic E-state index is -0.272. The molecule has 3 aromatic rings. The lowest BCUT2D eigenvalue weighted by molar-refractivity contribution is 0.112. The van der Waals surface area contributed by atoms with Crippen LogP contribution < -0.4 is 0 Å². The van der Waals surface area contributed by atoms with E-state index in [2.05, 4.69) is 10.1 Å². The molecule has 2 heterocycles. The van der Waals surface area contributed by atoms with Gasteiger partial charge in [-0.15, -0.1) is 11.3 Å². The summed E-state index contributed by atoms with van der Waals surface area (Å²) >= 11 is 1.43. The van der Waals surface area contributed by atoms with Crippen molar-refractivity contribution in [3.05, 3.63) is 59.0 Å².